The SMILES string of the molecule is Cc1occc1-c1nnc(SCC(=O)N2CC[C@@H]3CCCC[C@H]3C2)o1. The number of rotatable bonds is 4. The van der Waals surface area contributed by atoms with E-state index in [4.69, 9.17) is 8.83 Å². The molecule has 4 rings (SSSR count). The highest BCUT2D eigenvalue weighted by molar-refractivity contribution is 7.99. The normalized spacial score (nSPS) is 23.5. The summed E-state index contributed by atoms with van der Waals surface area (Å²) in [5.41, 5.74) is 0.796. The van der Waals surface area contributed by atoms with Crippen molar-refractivity contribution in [2.24, 2.45) is 11.8 Å². The highest BCUT2D eigenvalue weighted by atomic mass is 32.2. The predicted octanol–water partition coefficient (Wildman–Crippen LogP) is 3.77. The lowest BCUT2D eigenvalue weighted by molar-refractivity contribution is -0.131. The van der Waals surface area contributed by atoms with Crippen molar-refractivity contribution in [3.05, 3.63) is 18.1 Å². The molecule has 2 fully saturated rings. The fourth-order valence-corrected chi connectivity index (χ4v) is 4.69. The maximum absolute atomic E-state index is 12.5. The number of likely N-dealkylation sites (tertiary alicyclic amines) is 1. The molecule has 0 N–H and O–H groups in total. The molecule has 7 heteroatoms. The first-order valence-electron chi connectivity index (χ1n) is 8.99. The minimum Gasteiger partial charge on any atom is -0.469 e. The Morgan fingerprint density at radius 1 is 1.28 bits per heavy atom. The van der Waals surface area contributed by atoms with E-state index < -0.39 is 0 Å². The van der Waals surface area contributed by atoms with Gasteiger partial charge in [0.15, 0.2) is 0 Å². The van der Waals surface area contributed by atoms with Gasteiger partial charge in [-0.1, -0.05) is 31.0 Å². The van der Waals surface area contributed by atoms with Crippen molar-refractivity contribution in [1.29, 1.82) is 0 Å². The van der Waals surface area contributed by atoms with Gasteiger partial charge in [-0.05, 0) is 37.7 Å². The summed E-state index contributed by atoms with van der Waals surface area (Å²) in [6.45, 7) is 3.67. The highest BCUT2D eigenvalue weighted by Crippen LogP contribution is 2.36. The molecule has 2 aromatic rings. The number of amides is 1. The fourth-order valence-electron chi connectivity index (χ4n) is 4.03. The van der Waals surface area contributed by atoms with Crippen LogP contribution in [0.1, 0.15) is 37.9 Å². The number of piperidine rings is 1. The molecular weight excluding hydrogens is 338 g/mol. The summed E-state index contributed by atoms with van der Waals surface area (Å²) < 4.78 is 10.9. The first kappa shape index (κ1) is 16.7. The first-order chi connectivity index (χ1) is 12.2. The van der Waals surface area contributed by atoms with Crippen molar-refractivity contribution in [1.82, 2.24) is 15.1 Å². The van der Waals surface area contributed by atoms with E-state index in [1.165, 1.54) is 37.4 Å². The molecule has 6 nitrogen and oxygen atoms in total. The maximum atomic E-state index is 12.5. The van der Waals surface area contributed by atoms with Gasteiger partial charge >= 0.3 is 0 Å². The van der Waals surface area contributed by atoms with Crippen molar-refractivity contribution < 1.29 is 13.6 Å². The predicted molar refractivity (Wildman–Crippen MR) is 94.1 cm³/mol. The molecule has 0 spiro atoms. The summed E-state index contributed by atoms with van der Waals surface area (Å²) in [6.07, 6.45) is 8.06. The molecule has 1 aliphatic heterocycles. The summed E-state index contributed by atoms with van der Waals surface area (Å²) in [4.78, 5) is 14.6. The number of aromatic nitrogens is 2. The molecule has 1 amide bonds. The van der Waals surface area contributed by atoms with Crippen LogP contribution in [0, 0.1) is 18.8 Å². The quantitative estimate of drug-likeness (QED) is 0.772. The Labute approximate surface area is 151 Å². The van der Waals surface area contributed by atoms with Crippen LogP contribution in [0.25, 0.3) is 11.5 Å². The van der Waals surface area contributed by atoms with Gasteiger partial charge in [0.2, 0.25) is 5.91 Å². The van der Waals surface area contributed by atoms with Crippen LogP contribution in [0.2, 0.25) is 0 Å². The van der Waals surface area contributed by atoms with E-state index >= 15 is 0 Å². The Balaban J connectivity index is 1.32. The molecule has 25 heavy (non-hydrogen) atoms. The van der Waals surface area contributed by atoms with Crippen molar-refractivity contribution in [2.75, 3.05) is 18.8 Å². The number of nitrogens with zero attached hydrogens (tertiary/aromatic N) is 3. The molecule has 0 bridgehead atoms. The van der Waals surface area contributed by atoms with Crippen LogP contribution >= 0.6 is 11.8 Å². The van der Waals surface area contributed by atoms with Crippen LogP contribution in [0.4, 0.5) is 0 Å². The second-order valence-corrected chi connectivity index (χ2v) is 7.91. The third-order valence-corrected chi connectivity index (χ3v) is 6.26. The van der Waals surface area contributed by atoms with Crippen molar-refractivity contribution in [3.63, 3.8) is 0 Å². The minimum absolute atomic E-state index is 0.174. The smallest absolute Gasteiger partial charge is 0.277 e. The van der Waals surface area contributed by atoms with Gasteiger partial charge in [0, 0.05) is 13.1 Å². The van der Waals surface area contributed by atoms with Crippen LogP contribution in [0.15, 0.2) is 26.4 Å². The van der Waals surface area contributed by atoms with Gasteiger partial charge in [-0.3, -0.25) is 4.79 Å². The van der Waals surface area contributed by atoms with E-state index in [0.29, 0.717) is 22.8 Å². The minimum atomic E-state index is 0.174. The summed E-state index contributed by atoms with van der Waals surface area (Å²) in [6, 6.07) is 1.80. The maximum Gasteiger partial charge on any atom is 0.277 e. The van der Waals surface area contributed by atoms with Gasteiger partial charge in [-0.25, -0.2) is 0 Å². The van der Waals surface area contributed by atoms with E-state index in [2.05, 4.69) is 10.2 Å². The molecule has 0 aromatic carbocycles. The Morgan fingerprint density at radius 3 is 2.92 bits per heavy atom. The van der Waals surface area contributed by atoms with Gasteiger partial charge in [0.05, 0.1) is 17.6 Å². The molecule has 1 saturated carbocycles. The van der Waals surface area contributed by atoms with Crippen molar-refractivity contribution in [2.45, 2.75) is 44.3 Å². The lowest BCUT2D eigenvalue weighted by Crippen LogP contribution is -2.45. The molecule has 2 atom stereocenters. The monoisotopic (exact) mass is 361 g/mol. The van der Waals surface area contributed by atoms with Crippen LogP contribution < -0.4 is 0 Å². The molecule has 1 aliphatic carbocycles. The number of hydrogen-bond donors (Lipinski definition) is 0. The summed E-state index contributed by atoms with van der Waals surface area (Å²) in [5, 5.41) is 8.50. The Morgan fingerprint density at radius 2 is 2.12 bits per heavy atom. The molecule has 3 heterocycles. The standard InChI is InChI=1S/C18H23N3O3S/c1-12-15(7-9-23-12)17-19-20-18(24-17)25-11-16(22)21-8-6-13-4-2-3-5-14(13)10-21/h7,9,13-14H,2-6,8,10-11H2,1H3/t13-,14-/m0/s1. The number of fused-ring (bicyclic) bond motifs is 1. The lowest BCUT2D eigenvalue weighted by Gasteiger charge is -2.41. The van der Waals surface area contributed by atoms with Crippen LogP contribution in [0.3, 0.4) is 0 Å². The zero-order valence-electron chi connectivity index (χ0n) is 14.4. The second-order valence-electron chi connectivity index (χ2n) is 6.99. The molecule has 1 saturated heterocycles. The Kier molecular flexibility index (Phi) is 4.83. The molecule has 2 aliphatic rings. The summed E-state index contributed by atoms with van der Waals surface area (Å²) in [7, 11) is 0. The summed E-state index contributed by atoms with van der Waals surface area (Å²) >= 11 is 1.31. The molecule has 0 radical (unpaired) electrons. The molecular formula is C18H23N3O3S. The van der Waals surface area contributed by atoms with Crippen LogP contribution in [0.5, 0.6) is 0 Å². The van der Waals surface area contributed by atoms with E-state index in [1.807, 2.05) is 11.8 Å². The highest BCUT2D eigenvalue weighted by Gasteiger charge is 2.32. The zero-order valence-corrected chi connectivity index (χ0v) is 15.3. The van der Waals surface area contributed by atoms with E-state index in [0.717, 1.165) is 36.8 Å². The summed E-state index contributed by atoms with van der Waals surface area (Å²) in [5.74, 6) is 3.24. The van der Waals surface area contributed by atoms with Gasteiger partial charge in [0.25, 0.3) is 11.1 Å². The van der Waals surface area contributed by atoms with Gasteiger partial charge in [-0.2, -0.15) is 0 Å². The second kappa shape index (κ2) is 7.23. The van der Waals surface area contributed by atoms with Crippen LogP contribution in [-0.4, -0.2) is 39.8 Å². The van der Waals surface area contributed by atoms with Crippen LogP contribution in [-0.2, 0) is 4.79 Å². The van der Waals surface area contributed by atoms with Gasteiger partial charge in [0.1, 0.15) is 5.76 Å². The van der Waals surface area contributed by atoms with E-state index in [1.54, 1.807) is 12.3 Å². The number of carbonyl (C=O) groups excluding carboxylic acids is 1. The number of thioether (sulfide) groups is 1. The van der Waals surface area contributed by atoms with E-state index in [-0.39, 0.29) is 5.91 Å². The lowest BCUT2D eigenvalue weighted by atomic mass is 9.75. The van der Waals surface area contributed by atoms with Crippen molar-refractivity contribution in [3.8, 4) is 11.5 Å². The Hall–Kier alpha value is -1.76. The average Bonchev–Trinajstić information content (AvgIpc) is 3.27. The zero-order chi connectivity index (χ0) is 17.2. The number of hydrogen-bond acceptors (Lipinski definition) is 6. The third kappa shape index (κ3) is 3.61. The average molecular weight is 361 g/mol. The fraction of sp³-hybridized carbons (Fsp3) is 0.611. The number of carbonyl (C=O) groups is 1. The Bertz CT molecular complexity index is 742. The molecule has 0 unspecified atom stereocenters. The van der Waals surface area contributed by atoms with Crippen molar-refractivity contribution >= 4 is 17.7 Å². The first-order valence-corrected chi connectivity index (χ1v) is 9.98. The molecule has 134 valence electrons. The third-order valence-electron chi connectivity index (χ3n) is 5.46. The number of aryl methyl sites for hydroxylation is 1. The van der Waals surface area contributed by atoms with Gasteiger partial charge in [-0.15, -0.1) is 10.2 Å². The number of furan rings is 1. The molecule has 2 aromatic heterocycles. The largest absolute Gasteiger partial charge is 0.469 e. The van der Waals surface area contributed by atoms with E-state index in [9.17, 15) is 4.79 Å². The topological polar surface area (TPSA) is 72.4 Å². The van der Waals surface area contributed by atoms with Gasteiger partial charge < -0.3 is 13.7 Å².